The highest BCUT2D eigenvalue weighted by atomic mass is 32.1. The quantitative estimate of drug-likeness (QED) is 0.752. The number of carboxylic acid groups (broad SMARTS) is 1. The Balaban J connectivity index is 2.24. The van der Waals surface area contributed by atoms with Crippen LogP contribution in [0.5, 0.6) is 0 Å². The van der Waals surface area contributed by atoms with Gasteiger partial charge >= 0.3 is 5.97 Å². The highest BCUT2D eigenvalue weighted by Crippen LogP contribution is 2.23. The summed E-state index contributed by atoms with van der Waals surface area (Å²) in [6.07, 6.45) is 0. The molecule has 1 heterocycles. The van der Waals surface area contributed by atoms with Crippen molar-refractivity contribution >= 4 is 34.6 Å². The Morgan fingerprint density at radius 3 is 2.55 bits per heavy atom. The van der Waals surface area contributed by atoms with Crippen molar-refractivity contribution in [3.63, 3.8) is 0 Å². The predicted molar refractivity (Wildman–Crippen MR) is 77.4 cm³/mol. The summed E-state index contributed by atoms with van der Waals surface area (Å²) < 4.78 is 0. The molecule has 0 aliphatic carbocycles. The van der Waals surface area contributed by atoms with E-state index in [1.54, 1.807) is 6.92 Å². The van der Waals surface area contributed by atoms with Crippen molar-refractivity contribution in [2.45, 2.75) is 13.8 Å². The van der Waals surface area contributed by atoms with Gasteiger partial charge in [-0.15, -0.1) is 11.3 Å². The molecule has 0 spiro atoms. The van der Waals surface area contributed by atoms with E-state index in [1.807, 2.05) is 6.92 Å². The van der Waals surface area contributed by atoms with Crippen molar-refractivity contribution in [1.82, 2.24) is 4.98 Å². The molecule has 20 heavy (non-hydrogen) atoms. The molecule has 4 N–H and O–H groups in total. The molecule has 0 saturated heterocycles. The zero-order chi connectivity index (χ0) is 14.9. The van der Waals surface area contributed by atoms with E-state index in [-0.39, 0.29) is 17.2 Å². The van der Waals surface area contributed by atoms with E-state index in [2.05, 4.69) is 10.3 Å². The van der Waals surface area contributed by atoms with Gasteiger partial charge < -0.3 is 16.2 Å². The van der Waals surface area contributed by atoms with Crippen LogP contribution in [0, 0.1) is 13.8 Å². The SMILES string of the molecule is Cc1nc(C)c(C(=O)Nc2ccc(C(=O)O)cc2N)s1. The molecule has 1 amide bonds. The fraction of sp³-hybridized carbons (Fsp3) is 0.154. The van der Waals surface area contributed by atoms with Gasteiger partial charge in [-0.05, 0) is 32.0 Å². The molecule has 6 nitrogen and oxygen atoms in total. The average Bonchev–Trinajstić information content (AvgIpc) is 2.70. The fourth-order valence-corrected chi connectivity index (χ4v) is 2.55. The number of nitrogen functional groups attached to an aromatic ring is 1. The summed E-state index contributed by atoms with van der Waals surface area (Å²) in [5.41, 5.74) is 7.06. The topological polar surface area (TPSA) is 105 Å². The van der Waals surface area contributed by atoms with Crippen LogP contribution in [0.2, 0.25) is 0 Å². The van der Waals surface area contributed by atoms with Gasteiger partial charge in [0.25, 0.3) is 5.91 Å². The molecule has 0 bridgehead atoms. The number of aromatic nitrogens is 1. The number of amides is 1. The number of rotatable bonds is 3. The monoisotopic (exact) mass is 291 g/mol. The lowest BCUT2D eigenvalue weighted by molar-refractivity contribution is 0.0697. The number of aryl methyl sites for hydroxylation is 2. The standard InChI is InChI=1S/C13H13N3O3S/c1-6-11(20-7(2)15-6)12(17)16-10-4-3-8(13(18)19)5-9(10)14/h3-5H,14H2,1-2H3,(H,16,17)(H,18,19). The number of carboxylic acids is 1. The molecule has 0 radical (unpaired) electrons. The maximum atomic E-state index is 12.1. The Morgan fingerprint density at radius 2 is 2.05 bits per heavy atom. The molecule has 1 aromatic carbocycles. The fourth-order valence-electron chi connectivity index (χ4n) is 1.73. The van der Waals surface area contributed by atoms with Crippen molar-refractivity contribution < 1.29 is 14.7 Å². The molecule has 2 rings (SSSR count). The van der Waals surface area contributed by atoms with Crippen LogP contribution < -0.4 is 11.1 Å². The second-order valence-electron chi connectivity index (χ2n) is 4.21. The van der Waals surface area contributed by atoms with E-state index < -0.39 is 5.97 Å². The summed E-state index contributed by atoms with van der Waals surface area (Å²) >= 11 is 1.30. The number of carbonyl (C=O) groups excluding carboxylic acids is 1. The molecule has 0 aliphatic heterocycles. The van der Waals surface area contributed by atoms with Gasteiger partial charge in [-0.3, -0.25) is 4.79 Å². The van der Waals surface area contributed by atoms with Crippen LogP contribution in [0.25, 0.3) is 0 Å². The zero-order valence-corrected chi connectivity index (χ0v) is 11.7. The Labute approximate surface area is 119 Å². The Morgan fingerprint density at radius 1 is 1.35 bits per heavy atom. The zero-order valence-electron chi connectivity index (χ0n) is 10.9. The van der Waals surface area contributed by atoms with Crippen LogP contribution in [0.15, 0.2) is 18.2 Å². The highest BCUT2D eigenvalue weighted by Gasteiger charge is 2.15. The highest BCUT2D eigenvalue weighted by molar-refractivity contribution is 7.13. The van der Waals surface area contributed by atoms with Crippen LogP contribution in [0.1, 0.15) is 30.7 Å². The first-order valence-electron chi connectivity index (χ1n) is 5.76. The van der Waals surface area contributed by atoms with E-state index >= 15 is 0 Å². The van der Waals surface area contributed by atoms with Crippen LogP contribution in [-0.2, 0) is 0 Å². The van der Waals surface area contributed by atoms with E-state index in [1.165, 1.54) is 29.5 Å². The number of hydrogen-bond donors (Lipinski definition) is 3. The minimum Gasteiger partial charge on any atom is -0.478 e. The first-order valence-corrected chi connectivity index (χ1v) is 6.58. The second-order valence-corrected chi connectivity index (χ2v) is 5.41. The molecule has 0 unspecified atom stereocenters. The van der Waals surface area contributed by atoms with Crippen LogP contribution >= 0.6 is 11.3 Å². The van der Waals surface area contributed by atoms with Gasteiger partial charge in [-0.25, -0.2) is 9.78 Å². The van der Waals surface area contributed by atoms with Crippen LogP contribution in [-0.4, -0.2) is 22.0 Å². The van der Waals surface area contributed by atoms with E-state index in [0.717, 1.165) is 5.01 Å². The Bertz CT molecular complexity index is 694. The van der Waals surface area contributed by atoms with Gasteiger partial charge in [0, 0.05) is 0 Å². The lowest BCUT2D eigenvalue weighted by Gasteiger charge is -2.08. The number of thiazole rings is 1. The minimum absolute atomic E-state index is 0.0744. The third kappa shape index (κ3) is 2.77. The first kappa shape index (κ1) is 14.0. The Hall–Kier alpha value is -2.41. The minimum atomic E-state index is -1.07. The first-order chi connectivity index (χ1) is 9.38. The number of nitrogens with one attached hydrogen (secondary N) is 1. The predicted octanol–water partition coefficient (Wildman–Crippen LogP) is 2.29. The summed E-state index contributed by atoms with van der Waals surface area (Å²) in [5.74, 6) is -1.37. The van der Waals surface area contributed by atoms with Gasteiger partial charge in [0.2, 0.25) is 0 Å². The number of carbonyl (C=O) groups is 2. The van der Waals surface area contributed by atoms with E-state index in [9.17, 15) is 9.59 Å². The summed E-state index contributed by atoms with van der Waals surface area (Å²) in [6.45, 7) is 3.58. The molecule has 0 atom stereocenters. The van der Waals surface area contributed by atoms with Gasteiger partial charge in [0.1, 0.15) is 4.88 Å². The molecular weight excluding hydrogens is 278 g/mol. The second kappa shape index (κ2) is 5.30. The van der Waals surface area contributed by atoms with Gasteiger partial charge in [0.05, 0.1) is 27.6 Å². The largest absolute Gasteiger partial charge is 0.478 e. The normalized spacial score (nSPS) is 10.3. The summed E-state index contributed by atoms with van der Waals surface area (Å²) in [6, 6.07) is 4.17. The van der Waals surface area contributed by atoms with E-state index in [0.29, 0.717) is 16.3 Å². The van der Waals surface area contributed by atoms with Gasteiger partial charge in [0.15, 0.2) is 0 Å². The molecule has 0 saturated carbocycles. The van der Waals surface area contributed by atoms with E-state index in [4.69, 9.17) is 10.8 Å². The van der Waals surface area contributed by atoms with Crippen molar-refractivity contribution in [1.29, 1.82) is 0 Å². The summed E-state index contributed by atoms with van der Waals surface area (Å²) in [4.78, 5) is 27.6. The maximum Gasteiger partial charge on any atom is 0.335 e. The molecule has 0 aliphatic rings. The molecule has 7 heteroatoms. The number of benzene rings is 1. The van der Waals surface area contributed by atoms with Gasteiger partial charge in [-0.1, -0.05) is 0 Å². The molecule has 104 valence electrons. The van der Waals surface area contributed by atoms with Crippen LogP contribution in [0.4, 0.5) is 11.4 Å². The number of nitrogens with zero attached hydrogens (tertiary/aromatic N) is 1. The summed E-state index contributed by atoms with van der Waals surface area (Å²) in [5, 5.41) is 12.3. The number of nitrogens with two attached hydrogens (primary N) is 1. The third-order valence-electron chi connectivity index (χ3n) is 2.66. The average molecular weight is 291 g/mol. The molecule has 2 aromatic rings. The van der Waals surface area contributed by atoms with Crippen LogP contribution in [0.3, 0.4) is 0 Å². The van der Waals surface area contributed by atoms with Crippen molar-refractivity contribution in [3.8, 4) is 0 Å². The molecule has 1 aromatic heterocycles. The number of anilines is 2. The third-order valence-corrected chi connectivity index (χ3v) is 3.73. The van der Waals surface area contributed by atoms with Crippen molar-refractivity contribution in [2.24, 2.45) is 0 Å². The number of aromatic carboxylic acids is 1. The van der Waals surface area contributed by atoms with Crippen molar-refractivity contribution in [2.75, 3.05) is 11.1 Å². The molecule has 0 fully saturated rings. The smallest absolute Gasteiger partial charge is 0.335 e. The Kier molecular flexibility index (Phi) is 3.71. The lowest BCUT2D eigenvalue weighted by atomic mass is 10.1. The number of hydrogen-bond acceptors (Lipinski definition) is 5. The van der Waals surface area contributed by atoms with Gasteiger partial charge in [-0.2, -0.15) is 0 Å². The maximum absolute atomic E-state index is 12.1. The lowest BCUT2D eigenvalue weighted by Crippen LogP contribution is -2.13. The van der Waals surface area contributed by atoms with Crippen molar-refractivity contribution in [3.05, 3.63) is 39.3 Å². The summed E-state index contributed by atoms with van der Waals surface area (Å²) in [7, 11) is 0. The molecular formula is C13H13N3O3S.